The van der Waals surface area contributed by atoms with Crippen LogP contribution in [0.25, 0.3) is 10.2 Å². The molecule has 0 bridgehead atoms. The Morgan fingerprint density at radius 2 is 1.94 bits per heavy atom. The number of aryl methyl sites for hydroxylation is 2. The summed E-state index contributed by atoms with van der Waals surface area (Å²) in [4.78, 5) is 46.1. The molecule has 0 aromatic carbocycles. The van der Waals surface area contributed by atoms with Crippen LogP contribution in [0.15, 0.2) is 4.79 Å². The minimum atomic E-state index is -0.507. The first kappa shape index (κ1) is 21.8. The van der Waals surface area contributed by atoms with Gasteiger partial charge in [-0.3, -0.25) is 9.59 Å². The van der Waals surface area contributed by atoms with E-state index in [0.717, 1.165) is 50.5 Å². The Kier molecular flexibility index (Phi) is 6.05. The molecule has 2 aliphatic carbocycles. The van der Waals surface area contributed by atoms with Crippen molar-refractivity contribution in [1.29, 1.82) is 0 Å². The average molecular weight is 447 g/mol. The van der Waals surface area contributed by atoms with Gasteiger partial charge in [0.05, 0.1) is 5.39 Å². The summed E-state index contributed by atoms with van der Waals surface area (Å²) in [6, 6.07) is 0.0413. The van der Waals surface area contributed by atoms with Crippen molar-refractivity contribution in [2.45, 2.75) is 77.4 Å². The maximum absolute atomic E-state index is 12.7. The summed E-state index contributed by atoms with van der Waals surface area (Å²) in [6.07, 6.45) is 6.05. The van der Waals surface area contributed by atoms with Crippen molar-refractivity contribution in [3.05, 3.63) is 26.6 Å². The van der Waals surface area contributed by atoms with Crippen LogP contribution in [0.3, 0.4) is 0 Å². The van der Waals surface area contributed by atoms with Crippen molar-refractivity contribution in [2.75, 3.05) is 6.54 Å². The van der Waals surface area contributed by atoms with Gasteiger partial charge in [0.15, 0.2) is 0 Å². The van der Waals surface area contributed by atoms with Gasteiger partial charge in [-0.15, -0.1) is 11.3 Å². The number of carbonyl (C=O) groups is 2. The van der Waals surface area contributed by atoms with E-state index < -0.39 is 11.7 Å². The van der Waals surface area contributed by atoms with E-state index in [1.807, 2.05) is 20.8 Å². The number of amides is 2. The standard InChI is InChI=1S/C22H30N4O4S/c1-22(2,3)30-21(29)23-11-12-7-9-13(10-8-12)24-19(28)17-25-18(27)16-14-5-4-6-15(14)31-20(16)26-17/h12-13H,4-11H2,1-3H3,(H,23,29)(H,24,28)(H,25,26,27)/t12-,13-. The van der Waals surface area contributed by atoms with E-state index in [2.05, 4.69) is 20.6 Å². The van der Waals surface area contributed by atoms with Crippen molar-refractivity contribution >= 4 is 33.6 Å². The van der Waals surface area contributed by atoms with Crippen LogP contribution in [0.5, 0.6) is 0 Å². The van der Waals surface area contributed by atoms with Crippen molar-refractivity contribution in [2.24, 2.45) is 5.92 Å². The molecule has 168 valence electrons. The van der Waals surface area contributed by atoms with Crippen molar-refractivity contribution < 1.29 is 14.3 Å². The lowest BCUT2D eigenvalue weighted by molar-refractivity contribution is 0.0514. The molecule has 3 N–H and O–H groups in total. The van der Waals surface area contributed by atoms with Gasteiger partial charge in [-0.05, 0) is 77.2 Å². The van der Waals surface area contributed by atoms with Gasteiger partial charge in [0.1, 0.15) is 10.4 Å². The van der Waals surface area contributed by atoms with Gasteiger partial charge in [0.2, 0.25) is 5.82 Å². The second-order valence-corrected chi connectivity index (χ2v) is 10.6. The summed E-state index contributed by atoms with van der Waals surface area (Å²) in [7, 11) is 0. The zero-order valence-electron chi connectivity index (χ0n) is 18.3. The van der Waals surface area contributed by atoms with Crippen molar-refractivity contribution in [3.8, 4) is 0 Å². The second kappa shape index (κ2) is 8.61. The summed E-state index contributed by atoms with van der Waals surface area (Å²) in [5, 5.41) is 6.51. The molecule has 0 spiro atoms. The second-order valence-electron chi connectivity index (χ2n) is 9.53. The predicted octanol–water partition coefficient (Wildman–Crippen LogP) is 3.29. The van der Waals surface area contributed by atoms with Crippen LogP contribution in [-0.2, 0) is 17.6 Å². The Labute approximate surface area is 185 Å². The summed E-state index contributed by atoms with van der Waals surface area (Å²) in [5.41, 5.74) is 0.387. The van der Waals surface area contributed by atoms with Crippen LogP contribution >= 0.6 is 11.3 Å². The van der Waals surface area contributed by atoms with Crippen LogP contribution < -0.4 is 16.2 Å². The Bertz CT molecular complexity index is 1040. The molecule has 2 aliphatic rings. The molecule has 0 atom stereocenters. The molecule has 1 fully saturated rings. The molecule has 31 heavy (non-hydrogen) atoms. The molecule has 2 aromatic rings. The lowest BCUT2D eigenvalue weighted by atomic mass is 9.86. The first-order valence-corrected chi connectivity index (χ1v) is 11.8. The fraction of sp³-hybridized carbons (Fsp3) is 0.636. The smallest absolute Gasteiger partial charge is 0.407 e. The number of fused-ring (bicyclic) bond motifs is 3. The molecule has 4 rings (SSSR count). The summed E-state index contributed by atoms with van der Waals surface area (Å²) >= 11 is 1.53. The van der Waals surface area contributed by atoms with E-state index in [-0.39, 0.29) is 23.3 Å². The van der Waals surface area contributed by atoms with Crippen LogP contribution in [0.1, 0.15) is 73.9 Å². The third-order valence-corrected chi connectivity index (χ3v) is 7.09. The first-order chi connectivity index (χ1) is 14.7. The van der Waals surface area contributed by atoms with Gasteiger partial charge in [-0.2, -0.15) is 0 Å². The van der Waals surface area contributed by atoms with E-state index >= 15 is 0 Å². The highest BCUT2D eigenvalue weighted by Gasteiger charge is 2.26. The SMILES string of the molecule is CC(C)(C)OC(=O)NC[C@H]1CC[C@H](NC(=O)c2nc3sc4c(c3c(=O)[nH]2)CCC4)CC1. The Balaban J connectivity index is 1.29. The number of ether oxygens (including phenoxy) is 1. The lowest BCUT2D eigenvalue weighted by Gasteiger charge is -2.29. The Hall–Kier alpha value is -2.42. The van der Waals surface area contributed by atoms with Gasteiger partial charge >= 0.3 is 6.09 Å². The van der Waals surface area contributed by atoms with Crippen molar-refractivity contribution in [1.82, 2.24) is 20.6 Å². The summed E-state index contributed by atoms with van der Waals surface area (Å²) < 4.78 is 5.27. The monoisotopic (exact) mass is 446 g/mol. The largest absolute Gasteiger partial charge is 0.444 e. The molecule has 2 heterocycles. The zero-order valence-corrected chi connectivity index (χ0v) is 19.1. The normalized spacial score (nSPS) is 21.0. The van der Waals surface area contributed by atoms with Crippen LogP contribution in [0.2, 0.25) is 0 Å². The van der Waals surface area contributed by atoms with E-state index in [1.54, 1.807) is 0 Å². The van der Waals surface area contributed by atoms with Gasteiger partial charge in [-0.1, -0.05) is 0 Å². The van der Waals surface area contributed by atoms with E-state index in [1.165, 1.54) is 16.2 Å². The zero-order chi connectivity index (χ0) is 22.2. The molecule has 0 aliphatic heterocycles. The highest BCUT2D eigenvalue weighted by molar-refractivity contribution is 7.18. The minimum Gasteiger partial charge on any atom is -0.444 e. The number of carbonyl (C=O) groups excluding carboxylic acids is 2. The number of alkyl carbamates (subject to hydrolysis) is 1. The Morgan fingerprint density at radius 1 is 1.19 bits per heavy atom. The number of hydrogen-bond acceptors (Lipinski definition) is 6. The van der Waals surface area contributed by atoms with E-state index in [4.69, 9.17) is 4.74 Å². The number of nitrogens with one attached hydrogen (secondary N) is 3. The number of thiophene rings is 1. The van der Waals surface area contributed by atoms with E-state index in [0.29, 0.717) is 22.7 Å². The van der Waals surface area contributed by atoms with Crippen LogP contribution in [-0.4, -0.2) is 40.2 Å². The average Bonchev–Trinajstić information content (AvgIpc) is 3.26. The predicted molar refractivity (Wildman–Crippen MR) is 120 cm³/mol. The lowest BCUT2D eigenvalue weighted by Crippen LogP contribution is -2.41. The highest BCUT2D eigenvalue weighted by Crippen LogP contribution is 2.34. The van der Waals surface area contributed by atoms with Crippen LogP contribution in [0, 0.1) is 5.92 Å². The molecule has 0 unspecified atom stereocenters. The number of aromatic amines is 1. The molecule has 0 saturated heterocycles. The number of aromatic nitrogens is 2. The topological polar surface area (TPSA) is 113 Å². The third-order valence-electron chi connectivity index (χ3n) is 5.91. The molecule has 9 heteroatoms. The number of hydrogen-bond donors (Lipinski definition) is 3. The fourth-order valence-corrected chi connectivity index (χ4v) is 5.68. The van der Waals surface area contributed by atoms with Gasteiger partial charge in [-0.25, -0.2) is 9.78 Å². The molecular weight excluding hydrogens is 416 g/mol. The van der Waals surface area contributed by atoms with Crippen molar-refractivity contribution in [3.63, 3.8) is 0 Å². The molecule has 2 aromatic heterocycles. The van der Waals surface area contributed by atoms with Gasteiger partial charge < -0.3 is 20.4 Å². The Morgan fingerprint density at radius 3 is 2.65 bits per heavy atom. The number of H-pyrrole nitrogens is 1. The maximum Gasteiger partial charge on any atom is 0.407 e. The maximum atomic E-state index is 12.7. The fourth-order valence-electron chi connectivity index (χ4n) is 4.42. The molecule has 2 amide bonds. The van der Waals surface area contributed by atoms with Crippen LogP contribution in [0.4, 0.5) is 4.79 Å². The minimum absolute atomic E-state index is 0.0413. The quantitative estimate of drug-likeness (QED) is 0.667. The number of nitrogens with zero attached hydrogens (tertiary/aromatic N) is 1. The highest BCUT2D eigenvalue weighted by atomic mass is 32.1. The molecule has 1 saturated carbocycles. The van der Waals surface area contributed by atoms with Gasteiger partial charge in [0.25, 0.3) is 11.5 Å². The van der Waals surface area contributed by atoms with E-state index in [9.17, 15) is 14.4 Å². The number of rotatable bonds is 4. The first-order valence-electron chi connectivity index (χ1n) is 11.0. The summed E-state index contributed by atoms with van der Waals surface area (Å²) in [6.45, 7) is 6.09. The summed E-state index contributed by atoms with van der Waals surface area (Å²) in [5.74, 6) is 0.123. The molecule has 8 nitrogen and oxygen atoms in total. The molecular formula is C22H30N4O4S. The van der Waals surface area contributed by atoms with Gasteiger partial charge in [0, 0.05) is 17.5 Å². The third kappa shape index (κ3) is 5.08. The molecule has 0 radical (unpaired) electrons.